The summed E-state index contributed by atoms with van der Waals surface area (Å²) in [5, 5.41) is 0. The van der Waals surface area contributed by atoms with Gasteiger partial charge in [0.25, 0.3) is 0 Å². The highest BCUT2D eigenvalue weighted by atomic mass is 127. The number of halogens is 4. The van der Waals surface area contributed by atoms with Gasteiger partial charge in [0.1, 0.15) is 0 Å². The molecule has 0 aliphatic rings. The molecule has 34 heavy (non-hydrogen) atoms. The molecule has 0 aromatic heterocycles. The summed E-state index contributed by atoms with van der Waals surface area (Å²) < 4.78 is 14.8. The number of esters is 2. The fourth-order valence-corrected chi connectivity index (χ4v) is 4.95. The average Bonchev–Trinajstić information content (AvgIpc) is 2.86. The van der Waals surface area contributed by atoms with Crippen molar-refractivity contribution in [2.45, 2.75) is 0 Å². The maximum atomic E-state index is 10.7. The Morgan fingerprint density at radius 3 is 1.41 bits per heavy atom. The van der Waals surface area contributed by atoms with Crippen LogP contribution in [0.25, 0.3) is 6.08 Å². The van der Waals surface area contributed by atoms with E-state index in [1.165, 1.54) is 27.4 Å². The monoisotopic (exact) mass is 763 g/mol. The molecule has 0 radical (unpaired) electrons. The van der Waals surface area contributed by atoms with Gasteiger partial charge < -0.3 is 9.47 Å². The van der Waals surface area contributed by atoms with Gasteiger partial charge in [0, 0.05) is 25.6 Å². The SMILES string of the molecule is Brc1ccc([I+]c2ccc(Br)cc2)cc1.C=CC(=O)OC.COC(=O)C=Cc1ccc(Br)cc1. The number of carbonyl (C=O) groups excluding carboxylic acids is 2. The molecule has 0 saturated carbocycles. The number of hydrogen-bond acceptors (Lipinski definition) is 4. The fraction of sp³-hybridized carbons (Fsp3) is 0.0769. The quantitative estimate of drug-likeness (QED) is 0.221. The summed E-state index contributed by atoms with van der Waals surface area (Å²) in [5.74, 6) is -0.738. The molecule has 0 fully saturated rings. The Morgan fingerprint density at radius 1 is 0.706 bits per heavy atom. The van der Waals surface area contributed by atoms with Crippen molar-refractivity contribution in [1.82, 2.24) is 0 Å². The van der Waals surface area contributed by atoms with Gasteiger partial charge in [-0.1, -0.05) is 66.5 Å². The van der Waals surface area contributed by atoms with Gasteiger partial charge in [0.2, 0.25) is 0 Å². The maximum Gasteiger partial charge on any atom is 0.357 e. The van der Waals surface area contributed by atoms with E-state index in [0.29, 0.717) is 0 Å². The minimum absolute atomic E-state index is 0.0385. The normalized spacial score (nSPS) is 9.68. The third kappa shape index (κ3) is 13.8. The lowest BCUT2D eigenvalue weighted by Gasteiger charge is -1.93. The molecule has 0 aliphatic carbocycles. The summed E-state index contributed by atoms with van der Waals surface area (Å²) in [6, 6.07) is 24.8. The number of benzene rings is 3. The highest BCUT2D eigenvalue weighted by Crippen LogP contribution is 2.11. The standard InChI is InChI=1S/C12H8Br2I.C10H9BrO2.C4H6O2/c13-9-1-5-11(6-2-9)15-12-7-3-10(14)4-8-12;1-13-10(12)7-4-8-2-5-9(11)6-3-8;1-3-4(5)6-2/h1-8H;2-7H,1H3;3H,1H2,2H3/q+1;;. The van der Waals surface area contributed by atoms with Crippen molar-refractivity contribution in [3.63, 3.8) is 0 Å². The molecule has 178 valence electrons. The topological polar surface area (TPSA) is 52.6 Å². The molecule has 3 rings (SSSR count). The van der Waals surface area contributed by atoms with Gasteiger partial charge in [0.05, 0.1) is 14.2 Å². The highest BCUT2D eigenvalue weighted by Gasteiger charge is 2.14. The number of rotatable bonds is 5. The molecule has 0 atom stereocenters. The minimum atomic E-state index is -0.394. The molecule has 0 saturated heterocycles. The second kappa shape index (κ2) is 17.7. The van der Waals surface area contributed by atoms with Crippen LogP contribution in [0, 0.1) is 7.14 Å². The van der Waals surface area contributed by atoms with E-state index < -0.39 is 5.97 Å². The second-order valence-corrected chi connectivity index (χ2v) is 11.9. The van der Waals surface area contributed by atoms with Crippen LogP contribution in [-0.4, -0.2) is 26.2 Å². The van der Waals surface area contributed by atoms with E-state index in [1.54, 1.807) is 6.08 Å². The Kier molecular flexibility index (Phi) is 15.7. The van der Waals surface area contributed by atoms with Gasteiger partial charge in [-0.25, -0.2) is 9.59 Å². The zero-order valence-corrected chi connectivity index (χ0v) is 25.4. The summed E-state index contributed by atoms with van der Waals surface area (Å²) in [6.07, 6.45) is 4.21. The summed E-state index contributed by atoms with van der Waals surface area (Å²) in [7, 11) is 2.66. The van der Waals surface area contributed by atoms with Crippen molar-refractivity contribution in [2.24, 2.45) is 0 Å². The van der Waals surface area contributed by atoms with Gasteiger partial charge in [-0.3, -0.25) is 0 Å². The summed E-state index contributed by atoms with van der Waals surface area (Å²) in [4.78, 5) is 20.6. The Hall–Kier alpha value is -1.75. The Labute approximate surface area is 236 Å². The third-order valence-corrected chi connectivity index (χ3v) is 7.95. The van der Waals surface area contributed by atoms with Crippen LogP contribution in [0.5, 0.6) is 0 Å². The Bertz CT molecular complexity index is 1020. The molecular weight excluding hydrogens is 743 g/mol. The Morgan fingerprint density at radius 2 is 1.09 bits per heavy atom. The number of hydrogen-bond donors (Lipinski definition) is 0. The lowest BCUT2D eigenvalue weighted by atomic mass is 10.2. The van der Waals surface area contributed by atoms with Crippen molar-refractivity contribution < 1.29 is 40.3 Å². The van der Waals surface area contributed by atoms with Gasteiger partial charge in [-0.15, -0.1) is 0 Å². The first-order chi connectivity index (χ1) is 16.3. The van der Waals surface area contributed by atoms with Crippen molar-refractivity contribution in [3.8, 4) is 0 Å². The molecule has 0 spiro atoms. The molecule has 0 amide bonds. The van der Waals surface area contributed by atoms with Crippen LogP contribution in [0.1, 0.15) is 5.56 Å². The van der Waals surface area contributed by atoms with E-state index in [9.17, 15) is 9.59 Å². The highest BCUT2D eigenvalue weighted by molar-refractivity contribution is 9.11. The van der Waals surface area contributed by atoms with E-state index in [1.807, 2.05) is 24.3 Å². The maximum absolute atomic E-state index is 10.7. The average molecular weight is 766 g/mol. The van der Waals surface area contributed by atoms with Gasteiger partial charge in [0.15, 0.2) is 7.14 Å². The number of methoxy groups -OCH3 is 2. The van der Waals surface area contributed by atoms with Crippen molar-refractivity contribution in [2.75, 3.05) is 14.2 Å². The van der Waals surface area contributed by atoms with Gasteiger partial charge in [-0.05, 0) is 72.3 Å². The van der Waals surface area contributed by atoms with Crippen LogP contribution in [0.15, 0.2) is 105 Å². The van der Waals surface area contributed by atoms with E-state index in [-0.39, 0.29) is 27.2 Å². The van der Waals surface area contributed by atoms with Crippen molar-refractivity contribution in [1.29, 1.82) is 0 Å². The van der Waals surface area contributed by atoms with E-state index in [0.717, 1.165) is 25.1 Å². The predicted molar refractivity (Wildman–Crippen MR) is 143 cm³/mol. The summed E-state index contributed by atoms with van der Waals surface area (Å²) in [5.41, 5.74) is 0.966. The van der Waals surface area contributed by atoms with Crippen LogP contribution in [0.2, 0.25) is 0 Å². The zero-order valence-electron chi connectivity index (χ0n) is 18.5. The first-order valence-electron chi connectivity index (χ1n) is 9.65. The van der Waals surface area contributed by atoms with Crippen molar-refractivity contribution in [3.05, 3.63) is 118 Å². The molecule has 0 unspecified atom stereocenters. The molecule has 4 nitrogen and oxygen atoms in total. The molecule has 0 bridgehead atoms. The number of ether oxygens (including phenoxy) is 2. The molecule has 0 aliphatic heterocycles. The predicted octanol–water partition coefficient (Wildman–Crippen LogP) is 4.32. The second-order valence-electron chi connectivity index (χ2n) is 6.10. The summed E-state index contributed by atoms with van der Waals surface area (Å²) >= 11 is 10.2. The minimum Gasteiger partial charge on any atom is -0.466 e. The zero-order chi connectivity index (χ0) is 25.3. The van der Waals surface area contributed by atoms with Gasteiger partial charge in [-0.2, -0.15) is 0 Å². The lowest BCUT2D eigenvalue weighted by molar-refractivity contribution is -0.597. The third-order valence-electron chi connectivity index (χ3n) is 3.68. The van der Waals surface area contributed by atoms with Crippen LogP contribution >= 0.6 is 47.8 Å². The Balaban J connectivity index is 0.000000279. The first kappa shape index (κ1) is 30.3. The first-order valence-corrected chi connectivity index (χ1v) is 14.2. The van der Waals surface area contributed by atoms with Gasteiger partial charge >= 0.3 is 33.1 Å². The van der Waals surface area contributed by atoms with E-state index in [4.69, 9.17) is 0 Å². The van der Waals surface area contributed by atoms with Crippen molar-refractivity contribution >= 4 is 65.8 Å². The lowest BCUT2D eigenvalue weighted by Crippen LogP contribution is -3.61. The van der Waals surface area contributed by atoms with Crippen LogP contribution in [-0.2, 0) is 19.1 Å². The van der Waals surface area contributed by atoms with Crippen LogP contribution in [0.3, 0.4) is 0 Å². The number of carbonyl (C=O) groups is 2. The molecule has 0 heterocycles. The van der Waals surface area contributed by atoms with E-state index in [2.05, 4.69) is 112 Å². The molecule has 0 N–H and O–H groups in total. The fourth-order valence-electron chi connectivity index (χ4n) is 2.00. The smallest absolute Gasteiger partial charge is 0.357 e. The van der Waals surface area contributed by atoms with Crippen LogP contribution < -0.4 is 21.2 Å². The van der Waals surface area contributed by atoms with Crippen LogP contribution in [0.4, 0.5) is 0 Å². The summed E-state index contributed by atoms with van der Waals surface area (Å²) in [6.45, 7) is 3.16. The molecule has 3 aromatic rings. The molecule has 3 aromatic carbocycles. The largest absolute Gasteiger partial charge is 0.466 e. The molecule has 8 heteroatoms. The van der Waals surface area contributed by atoms with E-state index >= 15 is 0 Å². The molecular formula is C26H23Br3IO4+.